The van der Waals surface area contributed by atoms with Gasteiger partial charge in [-0.1, -0.05) is 36.4 Å². The molecule has 9 heteroatoms. The molecule has 2 fully saturated rings. The average molecular weight is 515 g/mol. The second-order valence-electron chi connectivity index (χ2n) is 9.61. The Bertz CT molecular complexity index is 1440. The van der Waals surface area contributed by atoms with Gasteiger partial charge in [-0.3, -0.25) is 24.5 Å². The maximum Gasteiger partial charge on any atom is 0.325 e. The molecule has 9 nitrogen and oxygen atoms in total. The molecule has 0 spiro atoms. The van der Waals surface area contributed by atoms with Crippen LogP contribution in [0, 0.1) is 11.8 Å². The van der Waals surface area contributed by atoms with Crippen LogP contribution in [0.2, 0.25) is 0 Å². The summed E-state index contributed by atoms with van der Waals surface area (Å²) in [5.74, 6) is -4.80. The quantitative estimate of drug-likeness (QED) is 0.324. The Morgan fingerprint density at radius 3 is 2.29 bits per heavy atom. The van der Waals surface area contributed by atoms with Gasteiger partial charge in [-0.15, -0.1) is 0 Å². The van der Waals surface area contributed by atoms with Crippen LogP contribution in [0.1, 0.15) is 34.5 Å². The number of ketones is 1. The monoisotopic (exact) mass is 514 g/mol. The van der Waals surface area contributed by atoms with Crippen LogP contribution in [-0.2, 0) is 20.8 Å². The second-order valence-corrected chi connectivity index (χ2v) is 9.61. The largest absolute Gasteiger partial charge is 0.504 e. The fourth-order valence-electron chi connectivity index (χ4n) is 5.63. The minimum atomic E-state index is -1.79. The normalized spacial score (nSPS) is 24.4. The predicted molar refractivity (Wildman–Crippen MR) is 137 cm³/mol. The van der Waals surface area contributed by atoms with E-state index < -0.39 is 41.2 Å². The van der Waals surface area contributed by atoms with E-state index >= 15 is 0 Å². The average Bonchev–Trinajstić information content (AvgIpc) is 3.39. The van der Waals surface area contributed by atoms with Gasteiger partial charge in [0.2, 0.25) is 11.8 Å². The molecule has 38 heavy (non-hydrogen) atoms. The molecule has 0 saturated carbocycles. The number of Topliss-reactive ketones (excluding diaryl/α,β-unsaturated/α-hetero) is 1. The van der Waals surface area contributed by atoms with Crippen molar-refractivity contribution in [2.45, 2.75) is 24.9 Å². The number of rotatable bonds is 7. The van der Waals surface area contributed by atoms with Crippen molar-refractivity contribution in [2.24, 2.45) is 11.8 Å². The molecular weight excluding hydrogens is 488 g/mol. The molecule has 0 aliphatic carbocycles. The Balaban J connectivity index is 1.65. The van der Waals surface area contributed by atoms with Crippen LogP contribution in [0.5, 0.6) is 11.5 Å². The fraction of sp³-hybridized carbons (Fsp3) is 0.241. The lowest BCUT2D eigenvalue weighted by molar-refractivity contribution is -0.148. The zero-order valence-corrected chi connectivity index (χ0v) is 20.8. The summed E-state index contributed by atoms with van der Waals surface area (Å²) in [6.07, 6.45) is -0.0355. The number of anilines is 1. The number of phenols is 1. The number of nitrogens with zero attached hydrogens (tertiary/aromatic N) is 1. The summed E-state index contributed by atoms with van der Waals surface area (Å²) in [6, 6.07) is 18.7. The number of imide groups is 1. The Morgan fingerprint density at radius 2 is 1.68 bits per heavy atom. The maximum absolute atomic E-state index is 14.0. The van der Waals surface area contributed by atoms with Crippen molar-refractivity contribution < 1.29 is 34.1 Å². The molecule has 2 saturated heterocycles. The van der Waals surface area contributed by atoms with Crippen molar-refractivity contribution in [2.75, 3.05) is 12.0 Å². The Kier molecular flexibility index (Phi) is 6.24. The number of carbonyl (C=O) groups excluding carboxylic acids is 3. The van der Waals surface area contributed by atoms with Gasteiger partial charge in [0.1, 0.15) is 5.54 Å². The number of carbonyl (C=O) groups is 4. The maximum atomic E-state index is 14.0. The summed E-state index contributed by atoms with van der Waals surface area (Å²) in [6.45, 7) is 1.42. The zero-order chi connectivity index (χ0) is 27.2. The summed E-state index contributed by atoms with van der Waals surface area (Å²) in [5.41, 5.74) is 0.0892. The van der Waals surface area contributed by atoms with Crippen molar-refractivity contribution in [3.63, 3.8) is 0 Å². The van der Waals surface area contributed by atoms with Gasteiger partial charge in [-0.05, 0) is 54.4 Å². The molecule has 2 heterocycles. The minimum absolute atomic E-state index is 0.0355. The van der Waals surface area contributed by atoms with E-state index in [1.54, 1.807) is 30.3 Å². The Hall–Kier alpha value is -4.50. The van der Waals surface area contributed by atoms with Crippen LogP contribution in [0.4, 0.5) is 5.69 Å². The van der Waals surface area contributed by atoms with Crippen LogP contribution >= 0.6 is 0 Å². The number of ether oxygens (including phenoxy) is 1. The number of nitrogens with one attached hydrogen (secondary N) is 1. The van der Waals surface area contributed by atoms with Gasteiger partial charge in [0.05, 0.1) is 24.6 Å². The standard InChI is InChI=1S/C29H26N2O7/c1-16(32)18-8-11-20(12-9-18)31-26(34)23-24(27(31)35)29(28(36)37,15-17-6-4-3-5-7-17)30-25(23)19-10-13-21(33)22(14-19)38-2/h3-14,23-25,30,33H,15H2,1-2H3,(H,36,37). The molecule has 2 aliphatic rings. The third-order valence-corrected chi connectivity index (χ3v) is 7.46. The van der Waals surface area contributed by atoms with Gasteiger partial charge in [0, 0.05) is 18.0 Å². The zero-order valence-electron chi connectivity index (χ0n) is 20.8. The highest BCUT2D eigenvalue weighted by Gasteiger charge is 2.68. The highest BCUT2D eigenvalue weighted by Crippen LogP contribution is 2.51. The number of phenolic OH excluding ortho intramolecular Hbond substituents is 1. The van der Waals surface area contributed by atoms with Gasteiger partial charge < -0.3 is 14.9 Å². The van der Waals surface area contributed by atoms with E-state index in [-0.39, 0.29) is 29.4 Å². The molecule has 4 atom stereocenters. The van der Waals surface area contributed by atoms with Crippen LogP contribution < -0.4 is 15.0 Å². The number of carboxylic acids is 1. The highest BCUT2D eigenvalue weighted by atomic mass is 16.5. The molecule has 2 amide bonds. The topological polar surface area (TPSA) is 133 Å². The van der Waals surface area contributed by atoms with Crippen molar-refractivity contribution in [1.82, 2.24) is 5.32 Å². The Morgan fingerprint density at radius 1 is 1.00 bits per heavy atom. The molecule has 4 unspecified atom stereocenters. The first kappa shape index (κ1) is 25.2. The first-order chi connectivity index (χ1) is 18.2. The summed E-state index contributed by atoms with van der Waals surface area (Å²) in [7, 11) is 1.39. The second kappa shape index (κ2) is 9.42. The summed E-state index contributed by atoms with van der Waals surface area (Å²) in [4.78, 5) is 53.6. The summed E-state index contributed by atoms with van der Waals surface area (Å²) in [5, 5.41) is 23.8. The molecule has 0 aromatic heterocycles. The number of benzene rings is 3. The van der Waals surface area contributed by atoms with Gasteiger partial charge in [-0.25, -0.2) is 4.90 Å². The van der Waals surface area contributed by atoms with Gasteiger partial charge >= 0.3 is 5.97 Å². The number of hydrogen-bond acceptors (Lipinski definition) is 7. The third-order valence-electron chi connectivity index (χ3n) is 7.46. The van der Waals surface area contributed by atoms with Gasteiger partial charge in [0.15, 0.2) is 17.3 Å². The van der Waals surface area contributed by atoms with E-state index in [1.165, 1.54) is 50.4 Å². The third kappa shape index (κ3) is 3.92. The molecule has 3 aromatic rings. The molecule has 0 bridgehead atoms. The lowest BCUT2D eigenvalue weighted by Gasteiger charge is -2.31. The van der Waals surface area contributed by atoms with Crippen LogP contribution in [0.25, 0.3) is 0 Å². The van der Waals surface area contributed by atoms with Crippen molar-refractivity contribution in [3.8, 4) is 11.5 Å². The van der Waals surface area contributed by atoms with Gasteiger partial charge in [-0.2, -0.15) is 0 Å². The van der Waals surface area contributed by atoms with Crippen LogP contribution in [-0.4, -0.2) is 46.4 Å². The predicted octanol–water partition coefficient (Wildman–Crippen LogP) is 3.12. The van der Waals surface area contributed by atoms with Gasteiger partial charge in [0.25, 0.3) is 0 Å². The molecule has 2 aliphatic heterocycles. The van der Waals surface area contributed by atoms with Crippen LogP contribution in [0.3, 0.4) is 0 Å². The first-order valence-electron chi connectivity index (χ1n) is 12.1. The lowest BCUT2D eigenvalue weighted by atomic mass is 9.76. The van der Waals surface area contributed by atoms with E-state index in [9.17, 15) is 29.4 Å². The number of hydrogen-bond donors (Lipinski definition) is 3. The first-order valence-corrected chi connectivity index (χ1v) is 12.1. The van der Waals surface area contributed by atoms with Crippen LogP contribution in [0.15, 0.2) is 72.8 Å². The number of fused-ring (bicyclic) bond motifs is 1. The highest BCUT2D eigenvalue weighted by molar-refractivity contribution is 6.24. The smallest absolute Gasteiger partial charge is 0.325 e. The molecule has 3 N–H and O–H groups in total. The number of amides is 2. The minimum Gasteiger partial charge on any atom is -0.504 e. The fourth-order valence-corrected chi connectivity index (χ4v) is 5.63. The SMILES string of the molecule is COc1cc(C2NC(Cc3ccccc3)(C(=O)O)C3C(=O)N(c4ccc(C(C)=O)cc4)C(=O)C23)ccc1O. The van der Waals surface area contributed by atoms with E-state index in [0.717, 1.165) is 4.90 Å². The molecular formula is C29H26N2O7. The van der Waals surface area contributed by atoms with E-state index in [2.05, 4.69) is 5.32 Å². The number of aromatic hydroxyl groups is 1. The van der Waals surface area contributed by atoms with E-state index in [1.807, 2.05) is 6.07 Å². The van der Waals surface area contributed by atoms with Crippen molar-refractivity contribution >= 4 is 29.3 Å². The lowest BCUT2D eigenvalue weighted by Crippen LogP contribution is -2.57. The number of aliphatic carboxylic acids is 1. The summed E-state index contributed by atoms with van der Waals surface area (Å²) < 4.78 is 5.24. The van der Waals surface area contributed by atoms with Crippen molar-refractivity contribution in [1.29, 1.82) is 0 Å². The molecule has 0 radical (unpaired) electrons. The van der Waals surface area contributed by atoms with E-state index in [4.69, 9.17) is 4.74 Å². The molecule has 5 rings (SSSR count). The van der Waals surface area contributed by atoms with E-state index in [0.29, 0.717) is 16.7 Å². The summed E-state index contributed by atoms with van der Waals surface area (Å²) >= 11 is 0. The molecule has 194 valence electrons. The Labute approximate surface area is 218 Å². The van der Waals surface area contributed by atoms with Crippen molar-refractivity contribution in [3.05, 3.63) is 89.5 Å². The number of methoxy groups -OCH3 is 1. The number of carboxylic acid groups (broad SMARTS) is 1. The molecule has 3 aromatic carbocycles.